The molecule has 1 unspecified atom stereocenters. The number of hydrogen-bond acceptors (Lipinski definition) is 4. The molecule has 0 aliphatic rings. The number of carbonyl (C=O) groups is 1. The van der Waals surface area contributed by atoms with Gasteiger partial charge in [-0.15, -0.1) is 0 Å². The molecule has 1 aromatic heterocycles. The van der Waals surface area contributed by atoms with Crippen molar-refractivity contribution in [2.45, 2.75) is 52.2 Å². The van der Waals surface area contributed by atoms with E-state index in [1.165, 1.54) is 0 Å². The molecule has 0 saturated carbocycles. The topological polar surface area (TPSA) is 65.2 Å². The Kier molecular flexibility index (Phi) is 5.78. The van der Waals surface area contributed by atoms with Crippen molar-refractivity contribution in [1.82, 2.24) is 4.98 Å². The summed E-state index contributed by atoms with van der Waals surface area (Å²) in [5.41, 5.74) is 6.44. The molecular weight excluding hydrogens is 228 g/mol. The van der Waals surface area contributed by atoms with Crippen molar-refractivity contribution in [2.75, 3.05) is 0 Å². The first-order valence-corrected chi connectivity index (χ1v) is 6.43. The average molecular weight is 250 g/mol. The van der Waals surface area contributed by atoms with Crippen LogP contribution >= 0.6 is 0 Å². The predicted molar refractivity (Wildman–Crippen MR) is 71.8 cm³/mol. The maximum absolute atomic E-state index is 12.0. The van der Waals surface area contributed by atoms with Gasteiger partial charge in [0.05, 0.1) is 12.3 Å². The van der Waals surface area contributed by atoms with E-state index in [9.17, 15) is 4.79 Å². The third kappa shape index (κ3) is 4.84. The van der Waals surface area contributed by atoms with Crippen LogP contribution in [0.15, 0.2) is 18.5 Å². The molecule has 0 amide bonds. The zero-order valence-electron chi connectivity index (χ0n) is 11.3. The molecule has 4 nitrogen and oxygen atoms in total. The number of hydrogen-bond donors (Lipinski definition) is 1. The van der Waals surface area contributed by atoms with E-state index < -0.39 is 0 Å². The highest BCUT2D eigenvalue weighted by atomic mass is 16.5. The summed E-state index contributed by atoms with van der Waals surface area (Å²) in [7, 11) is 0. The minimum atomic E-state index is -0.0721. The molecule has 1 atom stereocenters. The van der Waals surface area contributed by atoms with E-state index in [-0.39, 0.29) is 17.9 Å². The number of ether oxygens (including phenoxy) is 1. The third-order valence-electron chi connectivity index (χ3n) is 2.51. The highest BCUT2D eigenvalue weighted by Crippen LogP contribution is 2.15. The van der Waals surface area contributed by atoms with Gasteiger partial charge in [0.2, 0.25) is 0 Å². The summed E-state index contributed by atoms with van der Waals surface area (Å²) >= 11 is 0. The monoisotopic (exact) mass is 250 g/mol. The number of pyridine rings is 1. The first-order chi connectivity index (χ1) is 8.52. The first-order valence-electron chi connectivity index (χ1n) is 6.43. The van der Waals surface area contributed by atoms with E-state index in [2.05, 4.69) is 11.9 Å². The fraction of sp³-hybridized carbons (Fsp3) is 0.571. The molecule has 0 fully saturated rings. The van der Waals surface area contributed by atoms with Crippen molar-refractivity contribution in [1.29, 1.82) is 0 Å². The lowest BCUT2D eigenvalue weighted by Gasteiger charge is -2.11. The van der Waals surface area contributed by atoms with Crippen LogP contribution in [0, 0.1) is 0 Å². The maximum atomic E-state index is 12.0. The Morgan fingerprint density at radius 1 is 1.44 bits per heavy atom. The van der Waals surface area contributed by atoms with E-state index in [1.54, 1.807) is 18.5 Å². The Morgan fingerprint density at radius 3 is 2.78 bits per heavy atom. The molecule has 1 aromatic rings. The SMILES string of the molecule is CCCC(N)CC(=O)c1cncc(OC(C)C)c1. The van der Waals surface area contributed by atoms with Gasteiger partial charge in [-0.25, -0.2) is 0 Å². The van der Waals surface area contributed by atoms with E-state index in [0.29, 0.717) is 17.7 Å². The number of Topliss-reactive ketones (excluding diaryl/α,β-unsaturated/α-hetero) is 1. The first kappa shape index (κ1) is 14.6. The van der Waals surface area contributed by atoms with Crippen molar-refractivity contribution in [3.8, 4) is 5.75 Å². The minimum absolute atomic E-state index is 0.0256. The summed E-state index contributed by atoms with van der Waals surface area (Å²) < 4.78 is 5.51. The van der Waals surface area contributed by atoms with Gasteiger partial charge in [0, 0.05) is 24.2 Å². The summed E-state index contributed by atoms with van der Waals surface area (Å²) in [5, 5.41) is 0. The molecule has 0 aliphatic carbocycles. The van der Waals surface area contributed by atoms with Crippen LogP contribution in [-0.2, 0) is 0 Å². The molecule has 1 heterocycles. The summed E-state index contributed by atoms with van der Waals surface area (Å²) in [6.45, 7) is 5.93. The fourth-order valence-electron chi connectivity index (χ4n) is 1.74. The molecule has 0 saturated heterocycles. The number of ketones is 1. The zero-order chi connectivity index (χ0) is 13.5. The summed E-state index contributed by atoms with van der Waals surface area (Å²) in [6, 6.07) is 1.66. The molecule has 4 heteroatoms. The van der Waals surface area contributed by atoms with Crippen molar-refractivity contribution < 1.29 is 9.53 Å². The van der Waals surface area contributed by atoms with Gasteiger partial charge < -0.3 is 10.5 Å². The van der Waals surface area contributed by atoms with Gasteiger partial charge in [0.1, 0.15) is 5.75 Å². The van der Waals surface area contributed by atoms with Gasteiger partial charge in [0.25, 0.3) is 0 Å². The number of aromatic nitrogens is 1. The second-order valence-corrected chi connectivity index (χ2v) is 4.75. The Bertz CT molecular complexity index is 391. The van der Waals surface area contributed by atoms with Crippen molar-refractivity contribution in [3.05, 3.63) is 24.0 Å². The van der Waals surface area contributed by atoms with Crippen LogP contribution in [0.25, 0.3) is 0 Å². The summed E-state index contributed by atoms with van der Waals surface area (Å²) in [6.07, 6.45) is 5.46. The third-order valence-corrected chi connectivity index (χ3v) is 2.51. The summed E-state index contributed by atoms with van der Waals surface area (Å²) in [5.74, 6) is 0.651. The fourth-order valence-corrected chi connectivity index (χ4v) is 1.74. The van der Waals surface area contributed by atoms with Gasteiger partial charge >= 0.3 is 0 Å². The normalized spacial score (nSPS) is 12.5. The second-order valence-electron chi connectivity index (χ2n) is 4.75. The van der Waals surface area contributed by atoms with Crippen molar-refractivity contribution >= 4 is 5.78 Å². The van der Waals surface area contributed by atoms with E-state index in [1.807, 2.05) is 13.8 Å². The van der Waals surface area contributed by atoms with Gasteiger partial charge in [-0.1, -0.05) is 13.3 Å². The molecule has 0 aromatic carbocycles. The average Bonchev–Trinajstić information content (AvgIpc) is 2.28. The highest BCUT2D eigenvalue weighted by Gasteiger charge is 2.12. The standard InChI is InChI=1S/C14H22N2O2/c1-4-5-12(15)7-14(17)11-6-13(9-16-8-11)18-10(2)3/h6,8-10,12H,4-5,7,15H2,1-3H3. The molecule has 18 heavy (non-hydrogen) atoms. The number of rotatable bonds is 7. The Labute approximate surface area is 109 Å². The number of nitrogens with two attached hydrogens (primary N) is 1. The zero-order valence-corrected chi connectivity index (χ0v) is 11.3. The highest BCUT2D eigenvalue weighted by molar-refractivity contribution is 5.96. The lowest BCUT2D eigenvalue weighted by molar-refractivity contribution is 0.0972. The largest absolute Gasteiger partial charge is 0.489 e. The van der Waals surface area contributed by atoms with Crippen LogP contribution in [0.4, 0.5) is 0 Å². The smallest absolute Gasteiger partial charge is 0.166 e. The molecule has 0 aliphatic heterocycles. The van der Waals surface area contributed by atoms with Crippen LogP contribution in [0.5, 0.6) is 5.75 Å². The van der Waals surface area contributed by atoms with Gasteiger partial charge in [-0.2, -0.15) is 0 Å². The van der Waals surface area contributed by atoms with Crippen molar-refractivity contribution in [2.24, 2.45) is 5.73 Å². The summed E-state index contributed by atoms with van der Waals surface area (Å²) in [4.78, 5) is 16.0. The van der Waals surface area contributed by atoms with Gasteiger partial charge in [-0.3, -0.25) is 9.78 Å². The number of carbonyl (C=O) groups excluding carboxylic acids is 1. The molecular formula is C14H22N2O2. The van der Waals surface area contributed by atoms with Gasteiger partial charge in [0.15, 0.2) is 5.78 Å². The Hall–Kier alpha value is -1.42. The Morgan fingerprint density at radius 2 is 2.17 bits per heavy atom. The van der Waals surface area contributed by atoms with E-state index >= 15 is 0 Å². The van der Waals surface area contributed by atoms with Crippen LogP contribution in [0.2, 0.25) is 0 Å². The lowest BCUT2D eigenvalue weighted by atomic mass is 10.0. The maximum Gasteiger partial charge on any atom is 0.166 e. The molecule has 0 radical (unpaired) electrons. The van der Waals surface area contributed by atoms with Crippen LogP contribution in [0.3, 0.4) is 0 Å². The lowest BCUT2D eigenvalue weighted by Crippen LogP contribution is -2.23. The van der Waals surface area contributed by atoms with Gasteiger partial charge in [-0.05, 0) is 26.3 Å². The second kappa shape index (κ2) is 7.11. The van der Waals surface area contributed by atoms with E-state index in [4.69, 9.17) is 10.5 Å². The molecule has 100 valence electrons. The molecule has 2 N–H and O–H groups in total. The minimum Gasteiger partial charge on any atom is -0.489 e. The van der Waals surface area contributed by atoms with E-state index in [0.717, 1.165) is 12.8 Å². The molecule has 1 rings (SSSR count). The van der Waals surface area contributed by atoms with Crippen LogP contribution in [0.1, 0.15) is 50.4 Å². The van der Waals surface area contributed by atoms with Crippen LogP contribution < -0.4 is 10.5 Å². The molecule has 0 bridgehead atoms. The number of nitrogens with zero attached hydrogens (tertiary/aromatic N) is 1. The Balaban J connectivity index is 2.68. The van der Waals surface area contributed by atoms with Crippen molar-refractivity contribution in [3.63, 3.8) is 0 Å². The quantitative estimate of drug-likeness (QED) is 0.755. The molecule has 0 spiro atoms. The predicted octanol–water partition coefficient (Wildman–Crippen LogP) is 2.57. The van der Waals surface area contributed by atoms with Crippen LogP contribution in [-0.4, -0.2) is 22.9 Å².